The molecule has 3 nitrogen and oxygen atoms in total. The van der Waals surface area contributed by atoms with Crippen molar-refractivity contribution in [1.29, 1.82) is 0 Å². The second-order valence-electron chi connectivity index (χ2n) is 5.97. The summed E-state index contributed by atoms with van der Waals surface area (Å²) in [6.45, 7) is 0.809. The molecule has 0 spiro atoms. The van der Waals surface area contributed by atoms with Gasteiger partial charge in [0.25, 0.3) is 5.91 Å². The van der Waals surface area contributed by atoms with Crippen molar-refractivity contribution in [2.24, 2.45) is 5.92 Å². The molecule has 1 aliphatic carbocycles. The summed E-state index contributed by atoms with van der Waals surface area (Å²) in [5.41, 5.74) is 0.431. The van der Waals surface area contributed by atoms with Crippen LogP contribution in [0.15, 0.2) is 18.3 Å². The van der Waals surface area contributed by atoms with Crippen LogP contribution in [0.4, 0.5) is 4.39 Å². The molecule has 2 aliphatic rings. The summed E-state index contributed by atoms with van der Waals surface area (Å²) >= 11 is 0. The molecule has 2 heterocycles. The van der Waals surface area contributed by atoms with E-state index in [1.165, 1.54) is 44.4 Å². The van der Waals surface area contributed by atoms with Crippen molar-refractivity contribution >= 4 is 5.91 Å². The summed E-state index contributed by atoms with van der Waals surface area (Å²) in [5.74, 6) is 0.0329. The lowest BCUT2D eigenvalue weighted by Crippen LogP contribution is -2.40. The van der Waals surface area contributed by atoms with Crippen molar-refractivity contribution in [2.45, 2.75) is 51.0 Å². The van der Waals surface area contributed by atoms with Crippen LogP contribution >= 0.6 is 0 Å². The van der Waals surface area contributed by atoms with Crippen molar-refractivity contribution in [1.82, 2.24) is 9.88 Å². The number of rotatable bonds is 2. The topological polar surface area (TPSA) is 33.2 Å². The molecule has 1 atom stereocenters. The molecule has 3 rings (SSSR count). The molecule has 0 radical (unpaired) electrons. The van der Waals surface area contributed by atoms with Crippen LogP contribution in [0.5, 0.6) is 0 Å². The third-order valence-corrected chi connectivity index (χ3v) is 4.73. The maximum absolute atomic E-state index is 13.2. The van der Waals surface area contributed by atoms with Gasteiger partial charge in [-0.3, -0.25) is 4.79 Å². The Balaban J connectivity index is 1.76. The van der Waals surface area contributed by atoms with Gasteiger partial charge in [0.15, 0.2) is 0 Å². The minimum atomic E-state index is -0.579. The van der Waals surface area contributed by atoms with Crippen molar-refractivity contribution in [3.05, 3.63) is 29.8 Å². The number of aromatic nitrogens is 1. The first-order chi connectivity index (χ1) is 9.75. The first-order valence-electron chi connectivity index (χ1n) is 7.68. The van der Waals surface area contributed by atoms with Gasteiger partial charge >= 0.3 is 0 Å². The maximum atomic E-state index is 13.2. The second-order valence-corrected chi connectivity index (χ2v) is 5.97. The number of carbonyl (C=O) groups excluding carboxylic acids is 1. The SMILES string of the molecule is O=C(c1ccnc(F)c1)N1CCCC1C1CCCCC1. The van der Waals surface area contributed by atoms with Gasteiger partial charge in [-0.15, -0.1) is 0 Å². The predicted molar refractivity (Wildman–Crippen MR) is 74.8 cm³/mol. The van der Waals surface area contributed by atoms with E-state index in [0.717, 1.165) is 19.4 Å². The lowest BCUT2D eigenvalue weighted by Gasteiger charge is -2.34. The normalized spacial score (nSPS) is 24.1. The molecule has 20 heavy (non-hydrogen) atoms. The van der Waals surface area contributed by atoms with E-state index >= 15 is 0 Å². The van der Waals surface area contributed by atoms with Gasteiger partial charge in [0, 0.05) is 30.4 Å². The zero-order valence-corrected chi connectivity index (χ0v) is 11.7. The van der Waals surface area contributed by atoms with E-state index < -0.39 is 5.95 Å². The van der Waals surface area contributed by atoms with Crippen LogP contribution < -0.4 is 0 Å². The van der Waals surface area contributed by atoms with Crippen LogP contribution in [0.1, 0.15) is 55.3 Å². The Morgan fingerprint density at radius 1 is 1.20 bits per heavy atom. The number of hydrogen-bond acceptors (Lipinski definition) is 2. The highest BCUT2D eigenvalue weighted by Crippen LogP contribution is 2.34. The Morgan fingerprint density at radius 3 is 2.75 bits per heavy atom. The highest BCUT2D eigenvalue weighted by atomic mass is 19.1. The molecule has 1 amide bonds. The van der Waals surface area contributed by atoms with Gasteiger partial charge < -0.3 is 4.90 Å². The predicted octanol–water partition coefficient (Wildman–Crippen LogP) is 3.41. The van der Waals surface area contributed by atoms with Crippen LogP contribution in [0, 0.1) is 11.9 Å². The Kier molecular flexibility index (Phi) is 3.99. The zero-order chi connectivity index (χ0) is 13.9. The largest absolute Gasteiger partial charge is 0.335 e. The Hall–Kier alpha value is -1.45. The molecule has 1 aromatic heterocycles. The Labute approximate surface area is 119 Å². The fourth-order valence-electron chi connectivity index (χ4n) is 3.76. The van der Waals surface area contributed by atoms with Crippen LogP contribution in [0.3, 0.4) is 0 Å². The van der Waals surface area contributed by atoms with Gasteiger partial charge in [-0.2, -0.15) is 4.39 Å². The molecule has 4 heteroatoms. The fraction of sp³-hybridized carbons (Fsp3) is 0.625. The number of carbonyl (C=O) groups is 1. The van der Waals surface area contributed by atoms with Crippen LogP contribution in [0.2, 0.25) is 0 Å². The maximum Gasteiger partial charge on any atom is 0.254 e. The molecule has 1 aliphatic heterocycles. The van der Waals surface area contributed by atoms with E-state index in [1.807, 2.05) is 4.90 Å². The minimum absolute atomic E-state index is 0.0284. The third-order valence-electron chi connectivity index (χ3n) is 4.73. The molecular formula is C16H21FN2O. The molecule has 2 fully saturated rings. The molecular weight excluding hydrogens is 255 g/mol. The van der Waals surface area contributed by atoms with Crippen molar-refractivity contribution < 1.29 is 9.18 Å². The van der Waals surface area contributed by atoms with Gasteiger partial charge in [0.05, 0.1) is 0 Å². The van der Waals surface area contributed by atoms with E-state index in [4.69, 9.17) is 0 Å². The summed E-state index contributed by atoms with van der Waals surface area (Å²) in [6.07, 6.45) is 9.91. The summed E-state index contributed by atoms with van der Waals surface area (Å²) in [6, 6.07) is 3.22. The van der Waals surface area contributed by atoms with Crippen molar-refractivity contribution in [3.8, 4) is 0 Å². The number of likely N-dealkylation sites (tertiary alicyclic amines) is 1. The summed E-state index contributed by atoms with van der Waals surface area (Å²) < 4.78 is 13.2. The highest BCUT2D eigenvalue weighted by Gasteiger charge is 2.35. The first kappa shape index (κ1) is 13.5. The zero-order valence-electron chi connectivity index (χ0n) is 11.7. The number of hydrogen-bond donors (Lipinski definition) is 0. The molecule has 1 aromatic rings. The standard InChI is InChI=1S/C16H21FN2O/c17-15-11-13(8-9-18-15)16(20)19-10-4-7-14(19)12-5-2-1-3-6-12/h8-9,11-12,14H,1-7,10H2. The van der Waals surface area contributed by atoms with Crippen LogP contribution in [0.25, 0.3) is 0 Å². The molecule has 0 N–H and O–H groups in total. The first-order valence-corrected chi connectivity index (χ1v) is 7.68. The second kappa shape index (κ2) is 5.90. The molecule has 1 saturated heterocycles. The third kappa shape index (κ3) is 2.69. The van der Waals surface area contributed by atoms with Gasteiger partial charge in [-0.1, -0.05) is 19.3 Å². The lowest BCUT2D eigenvalue weighted by atomic mass is 9.83. The van der Waals surface area contributed by atoms with Crippen molar-refractivity contribution in [3.63, 3.8) is 0 Å². The van der Waals surface area contributed by atoms with Gasteiger partial charge in [0.2, 0.25) is 5.95 Å². The van der Waals surface area contributed by atoms with E-state index in [0.29, 0.717) is 17.5 Å². The fourth-order valence-corrected chi connectivity index (χ4v) is 3.76. The van der Waals surface area contributed by atoms with Gasteiger partial charge in [-0.25, -0.2) is 4.98 Å². The molecule has 1 unspecified atom stereocenters. The molecule has 0 aromatic carbocycles. The van der Waals surface area contributed by atoms with Crippen LogP contribution in [-0.4, -0.2) is 28.4 Å². The van der Waals surface area contributed by atoms with E-state index in [-0.39, 0.29) is 5.91 Å². The number of pyridine rings is 1. The monoisotopic (exact) mass is 276 g/mol. The van der Waals surface area contributed by atoms with E-state index in [9.17, 15) is 9.18 Å². The Morgan fingerprint density at radius 2 is 2.00 bits per heavy atom. The van der Waals surface area contributed by atoms with Gasteiger partial charge in [0.1, 0.15) is 0 Å². The quantitative estimate of drug-likeness (QED) is 0.776. The lowest BCUT2D eigenvalue weighted by molar-refractivity contribution is 0.0661. The smallest absolute Gasteiger partial charge is 0.254 e. The molecule has 1 saturated carbocycles. The molecule has 108 valence electrons. The van der Waals surface area contributed by atoms with Crippen LogP contribution in [-0.2, 0) is 0 Å². The average Bonchev–Trinajstić information content (AvgIpc) is 2.97. The highest BCUT2D eigenvalue weighted by molar-refractivity contribution is 5.94. The summed E-state index contributed by atoms with van der Waals surface area (Å²) in [5, 5.41) is 0. The van der Waals surface area contributed by atoms with Gasteiger partial charge in [-0.05, 0) is 37.7 Å². The average molecular weight is 276 g/mol. The number of nitrogens with zero attached hydrogens (tertiary/aromatic N) is 2. The van der Waals surface area contributed by atoms with E-state index in [1.54, 1.807) is 6.07 Å². The van der Waals surface area contributed by atoms with E-state index in [2.05, 4.69) is 4.98 Å². The minimum Gasteiger partial charge on any atom is -0.335 e. The van der Waals surface area contributed by atoms with Crippen molar-refractivity contribution in [2.75, 3.05) is 6.54 Å². The summed E-state index contributed by atoms with van der Waals surface area (Å²) in [7, 11) is 0. The number of amides is 1. The number of halogens is 1. The Bertz CT molecular complexity index is 485. The molecule has 0 bridgehead atoms. The summed E-state index contributed by atoms with van der Waals surface area (Å²) in [4.78, 5) is 18.1.